The molecule has 0 aromatic heterocycles. The topological polar surface area (TPSA) is 84.7 Å². The van der Waals surface area contributed by atoms with Crippen LogP contribution < -0.4 is 11.1 Å². The highest BCUT2D eigenvalue weighted by Crippen LogP contribution is 2.31. The van der Waals surface area contributed by atoms with Crippen LogP contribution in [0.1, 0.15) is 61.9 Å². The van der Waals surface area contributed by atoms with Crippen LogP contribution in [0.15, 0.2) is 42.5 Å². The number of nitrogens with one attached hydrogen (secondary N) is 1. The molecule has 1 aliphatic carbocycles. The molecule has 6 nitrogen and oxygen atoms in total. The first-order valence-corrected chi connectivity index (χ1v) is 11.0. The summed E-state index contributed by atoms with van der Waals surface area (Å²) in [6.45, 7) is 5.78. The zero-order valence-electron chi connectivity index (χ0n) is 18.5. The lowest BCUT2D eigenvalue weighted by molar-refractivity contribution is -0.128. The summed E-state index contributed by atoms with van der Waals surface area (Å²) in [7, 11) is 0. The van der Waals surface area contributed by atoms with Crippen LogP contribution in [0.5, 0.6) is 0 Å². The molecule has 2 aromatic rings. The predicted molar refractivity (Wildman–Crippen MR) is 120 cm³/mol. The second kappa shape index (κ2) is 8.25. The van der Waals surface area contributed by atoms with Gasteiger partial charge in [0.15, 0.2) is 0 Å². The quantitative estimate of drug-likeness (QED) is 0.714. The highest BCUT2D eigenvalue weighted by Gasteiger charge is 2.38. The number of nitrogens with two attached hydrogens (primary N) is 1. The number of carbonyl (C=O) groups is 2. The monoisotopic (exact) mass is 421 g/mol. The van der Waals surface area contributed by atoms with E-state index in [2.05, 4.69) is 17.4 Å². The van der Waals surface area contributed by atoms with E-state index in [-0.39, 0.29) is 11.9 Å². The lowest BCUT2D eigenvalue weighted by Gasteiger charge is -2.38. The molecule has 2 aliphatic rings. The predicted octanol–water partition coefficient (Wildman–Crippen LogP) is 4.12. The molecule has 4 rings (SSSR count). The average Bonchev–Trinajstić information content (AvgIpc) is 2.71. The number of nitrogen functional groups attached to an aromatic ring is 1. The molecule has 0 fully saturated rings. The molecule has 164 valence electrons. The van der Waals surface area contributed by atoms with Gasteiger partial charge in [0.1, 0.15) is 11.6 Å². The summed E-state index contributed by atoms with van der Waals surface area (Å²) in [4.78, 5) is 28.0. The molecule has 2 amide bonds. The SMILES string of the molecule is CC(C)(C)OC(=O)N1Cc2cc(N)ccc2C[C@H]1C(=O)NC1CCCc2ccccc21. The molecular weight excluding hydrogens is 390 g/mol. The average molecular weight is 422 g/mol. The molecule has 0 bridgehead atoms. The number of hydrogen-bond donors (Lipinski definition) is 2. The summed E-state index contributed by atoms with van der Waals surface area (Å²) in [6, 6.07) is 13.3. The molecule has 0 spiro atoms. The number of fused-ring (bicyclic) bond motifs is 2. The largest absolute Gasteiger partial charge is 0.444 e. The van der Waals surface area contributed by atoms with E-state index < -0.39 is 17.7 Å². The van der Waals surface area contributed by atoms with Gasteiger partial charge in [0.2, 0.25) is 5.91 Å². The van der Waals surface area contributed by atoms with Crippen molar-refractivity contribution in [3.63, 3.8) is 0 Å². The molecule has 0 radical (unpaired) electrons. The summed E-state index contributed by atoms with van der Waals surface area (Å²) in [5, 5.41) is 3.22. The fraction of sp³-hybridized carbons (Fsp3) is 0.440. The maximum absolute atomic E-state index is 13.4. The number of hydrogen-bond acceptors (Lipinski definition) is 4. The van der Waals surface area contributed by atoms with E-state index in [4.69, 9.17) is 10.5 Å². The van der Waals surface area contributed by atoms with E-state index in [1.54, 1.807) is 0 Å². The van der Waals surface area contributed by atoms with Gasteiger partial charge in [-0.2, -0.15) is 0 Å². The number of benzene rings is 2. The van der Waals surface area contributed by atoms with Gasteiger partial charge >= 0.3 is 6.09 Å². The maximum atomic E-state index is 13.4. The molecule has 1 aliphatic heterocycles. The van der Waals surface area contributed by atoms with Crippen LogP contribution >= 0.6 is 0 Å². The van der Waals surface area contributed by atoms with E-state index in [1.165, 1.54) is 16.0 Å². The van der Waals surface area contributed by atoms with Crippen molar-refractivity contribution in [1.29, 1.82) is 0 Å². The molecule has 3 N–H and O–H groups in total. The van der Waals surface area contributed by atoms with Crippen LogP contribution in [-0.4, -0.2) is 28.5 Å². The number of carbonyl (C=O) groups excluding carboxylic acids is 2. The minimum atomic E-state index is -0.642. The number of amides is 2. The van der Waals surface area contributed by atoms with Gasteiger partial charge in [-0.15, -0.1) is 0 Å². The first-order valence-electron chi connectivity index (χ1n) is 11.0. The zero-order chi connectivity index (χ0) is 22.2. The van der Waals surface area contributed by atoms with Gasteiger partial charge in [-0.3, -0.25) is 9.69 Å². The van der Waals surface area contributed by atoms with E-state index in [0.29, 0.717) is 18.7 Å². The Morgan fingerprint density at radius 1 is 1.10 bits per heavy atom. The summed E-state index contributed by atoms with van der Waals surface area (Å²) in [5.41, 5.74) is 10.4. The Bertz CT molecular complexity index is 996. The second-order valence-corrected chi connectivity index (χ2v) is 9.51. The Hall–Kier alpha value is -3.02. The number of ether oxygens (including phenoxy) is 1. The Kier molecular flexibility index (Phi) is 5.65. The third-order valence-corrected chi connectivity index (χ3v) is 5.98. The van der Waals surface area contributed by atoms with E-state index in [9.17, 15) is 9.59 Å². The third-order valence-electron chi connectivity index (χ3n) is 5.98. The molecule has 0 saturated heterocycles. The summed E-state index contributed by atoms with van der Waals surface area (Å²) >= 11 is 0. The van der Waals surface area contributed by atoms with Gasteiger partial charge in [0, 0.05) is 12.1 Å². The van der Waals surface area contributed by atoms with Crippen molar-refractivity contribution >= 4 is 17.7 Å². The first kappa shape index (κ1) is 21.2. The first-order chi connectivity index (χ1) is 14.7. The van der Waals surface area contributed by atoms with Crippen LogP contribution in [0.25, 0.3) is 0 Å². The summed E-state index contributed by atoms with van der Waals surface area (Å²) in [6.07, 6.45) is 2.92. The van der Waals surface area contributed by atoms with Gasteiger partial charge < -0.3 is 15.8 Å². The smallest absolute Gasteiger partial charge is 0.411 e. The normalized spacial score (nSPS) is 20.4. The maximum Gasteiger partial charge on any atom is 0.411 e. The van der Waals surface area contributed by atoms with Crippen molar-refractivity contribution in [2.45, 2.75) is 70.7 Å². The lowest BCUT2D eigenvalue weighted by atomic mass is 9.87. The van der Waals surface area contributed by atoms with Gasteiger partial charge in [0.05, 0.1) is 12.6 Å². The molecule has 2 aromatic carbocycles. The number of aryl methyl sites for hydroxylation is 1. The van der Waals surface area contributed by atoms with Crippen LogP contribution in [-0.2, 0) is 28.9 Å². The Morgan fingerprint density at radius 3 is 2.65 bits per heavy atom. The molecule has 31 heavy (non-hydrogen) atoms. The highest BCUT2D eigenvalue weighted by molar-refractivity contribution is 5.87. The number of nitrogens with zero attached hydrogens (tertiary/aromatic N) is 1. The van der Waals surface area contributed by atoms with Gasteiger partial charge in [-0.25, -0.2) is 4.79 Å². The minimum absolute atomic E-state index is 0.0363. The highest BCUT2D eigenvalue weighted by atomic mass is 16.6. The Labute approximate surface area is 183 Å². The van der Waals surface area contributed by atoms with E-state index in [1.807, 2.05) is 51.1 Å². The van der Waals surface area contributed by atoms with E-state index in [0.717, 1.165) is 30.4 Å². The van der Waals surface area contributed by atoms with Crippen LogP contribution in [0, 0.1) is 0 Å². The zero-order valence-corrected chi connectivity index (χ0v) is 18.5. The molecule has 1 heterocycles. The van der Waals surface area contributed by atoms with Crippen molar-refractivity contribution in [2.75, 3.05) is 5.73 Å². The van der Waals surface area contributed by atoms with Crippen LogP contribution in [0.3, 0.4) is 0 Å². The lowest BCUT2D eigenvalue weighted by Crippen LogP contribution is -2.54. The number of anilines is 1. The molecule has 6 heteroatoms. The molecule has 2 atom stereocenters. The van der Waals surface area contributed by atoms with Crippen molar-refractivity contribution < 1.29 is 14.3 Å². The minimum Gasteiger partial charge on any atom is -0.444 e. The van der Waals surface area contributed by atoms with Gasteiger partial charge in [-0.05, 0) is 74.4 Å². The molecule has 1 unspecified atom stereocenters. The summed E-state index contributed by atoms with van der Waals surface area (Å²) in [5.74, 6) is -0.143. The van der Waals surface area contributed by atoms with Crippen LogP contribution in [0.4, 0.5) is 10.5 Å². The van der Waals surface area contributed by atoms with Crippen molar-refractivity contribution in [3.8, 4) is 0 Å². The van der Waals surface area contributed by atoms with Crippen LogP contribution in [0.2, 0.25) is 0 Å². The Morgan fingerprint density at radius 2 is 1.87 bits per heavy atom. The van der Waals surface area contributed by atoms with Crippen molar-refractivity contribution in [3.05, 3.63) is 64.7 Å². The van der Waals surface area contributed by atoms with Gasteiger partial charge in [0.25, 0.3) is 0 Å². The molecule has 0 saturated carbocycles. The van der Waals surface area contributed by atoms with Crippen molar-refractivity contribution in [1.82, 2.24) is 10.2 Å². The summed E-state index contributed by atoms with van der Waals surface area (Å²) < 4.78 is 5.62. The molecular formula is C25H31N3O3. The van der Waals surface area contributed by atoms with Gasteiger partial charge in [-0.1, -0.05) is 30.3 Å². The standard InChI is InChI=1S/C25H31N3O3/c1-25(2,3)31-24(30)28-15-18-13-19(26)12-11-17(18)14-22(28)23(29)27-21-10-6-8-16-7-4-5-9-20(16)21/h4-5,7,9,11-13,21-22H,6,8,10,14-15,26H2,1-3H3,(H,27,29)/t21?,22-/m0/s1. The van der Waals surface area contributed by atoms with Crippen molar-refractivity contribution in [2.24, 2.45) is 0 Å². The second-order valence-electron chi connectivity index (χ2n) is 9.51. The fourth-order valence-corrected chi connectivity index (χ4v) is 4.52. The third kappa shape index (κ3) is 4.68. The Balaban J connectivity index is 1.60. The number of rotatable bonds is 2. The van der Waals surface area contributed by atoms with E-state index >= 15 is 0 Å². The fourth-order valence-electron chi connectivity index (χ4n) is 4.52.